The number of benzene rings is 2. The molecule has 0 bridgehead atoms. The number of carbonyl (C=O) groups excluding carboxylic acids is 1. The minimum Gasteiger partial charge on any atom is -0.484 e. The molecule has 6 nitrogen and oxygen atoms in total. The zero-order chi connectivity index (χ0) is 17.5. The lowest BCUT2D eigenvalue weighted by molar-refractivity contribution is -0.123. The Hall–Kier alpha value is -3.15. The van der Waals surface area contributed by atoms with E-state index in [2.05, 4.69) is 10.5 Å². The zero-order valence-electron chi connectivity index (χ0n) is 13.4. The molecule has 0 saturated carbocycles. The average molecular weight is 326 g/mol. The Bertz CT molecular complexity index is 747. The Morgan fingerprint density at radius 3 is 2.33 bits per heavy atom. The SMILES string of the molecule is Cc1cc(C)cc(OCC(=O)NN=Cc2ccc(C(=O)O)cc2)c1. The summed E-state index contributed by atoms with van der Waals surface area (Å²) in [6, 6.07) is 11.9. The number of hydrazone groups is 1. The first-order chi connectivity index (χ1) is 11.4. The minimum atomic E-state index is -0.990. The molecule has 2 aromatic rings. The largest absolute Gasteiger partial charge is 0.484 e. The van der Waals surface area contributed by atoms with Crippen molar-refractivity contribution in [2.45, 2.75) is 13.8 Å². The topological polar surface area (TPSA) is 88.0 Å². The van der Waals surface area contributed by atoms with Crippen molar-refractivity contribution in [2.24, 2.45) is 5.10 Å². The Balaban J connectivity index is 1.83. The maximum Gasteiger partial charge on any atom is 0.335 e. The number of aromatic carboxylic acids is 1. The monoisotopic (exact) mass is 326 g/mol. The smallest absolute Gasteiger partial charge is 0.335 e. The van der Waals surface area contributed by atoms with E-state index in [0.717, 1.165) is 11.1 Å². The molecule has 0 radical (unpaired) electrons. The van der Waals surface area contributed by atoms with Crippen LogP contribution in [0.3, 0.4) is 0 Å². The van der Waals surface area contributed by atoms with Crippen LogP contribution in [-0.4, -0.2) is 29.8 Å². The Morgan fingerprint density at radius 1 is 1.12 bits per heavy atom. The van der Waals surface area contributed by atoms with E-state index in [0.29, 0.717) is 11.3 Å². The maximum absolute atomic E-state index is 11.7. The van der Waals surface area contributed by atoms with E-state index in [1.54, 1.807) is 12.1 Å². The highest BCUT2D eigenvalue weighted by Gasteiger charge is 2.03. The fourth-order valence-corrected chi connectivity index (χ4v) is 2.09. The second kappa shape index (κ2) is 7.92. The van der Waals surface area contributed by atoms with E-state index in [9.17, 15) is 9.59 Å². The van der Waals surface area contributed by atoms with Crippen LogP contribution in [0.25, 0.3) is 0 Å². The summed E-state index contributed by atoms with van der Waals surface area (Å²) in [4.78, 5) is 22.4. The molecule has 124 valence electrons. The van der Waals surface area contributed by atoms with Crippen LogP contribution in [0.2, 0.25) is 0 Å². The third-order valence-corrected chi connectivity index (χ3v) is 3.13. The summed E-state index contributed by atoms with van der Waals surface area (Å²) in [7, 11) is 0. The van der Waals surface area contributed by atoms with Crippen LogP contribution in [0, 0.1) is 13.8 Å². The lowest BCUT2D eigenvalue weighted by Crippen LogP contribution is -2.24. The van der Waals surface area contributed by atoms with E-state index in [1.807, 2.05) is 32.0 Å². The molecule has 0 saturated heterocycles. The number of nitrogens with one attached hydrogen (secondary N) is 1. The number of ether oxygens (including phenoxy) is 1. The first-order valence-corrected chi connectivity index (χ1v) is 7.30. The van der Waals surface area contributed by atoms with Gasteiger partial charge in [-0.25, -0.2) is 10.2 Å². The third kappa shape index (κ3) is 5.24. The molecule has 2 N–H and O–H groups in total. The van der Waals surface area contributed by atoms with Gasteiger partial charge in [-0.3, -0.25) is 4.79 Å². The van der Waals surface area contributed by atoms with Crippen molar-refractivity contribution in [2.75, 3.05) is 6.61 Å². The maximum atomic E-state index is 11.7. The van der Waals surface area contributed by atoms with Gasteiger partial charge in [0.2, 0.25) is 0 Å². The molecule has 2 aromatic carbocycles. The van der Waals surface area contributed by atoms with Crippen LogP contribution in [-0.2, 0) is 4.79 Å². The van der Waals surface area contributed by atoms with Crippen LogP contribution in [0.1, 0.15) is 27.0 Å². The van der Waals surface area contributed by atoms with Gasteiger partial charge in [-0.2, -0.15) is 5.10 Å². The first kappa shape index (κ1) is 17.2. The Labute approximate surface area is 139 Å². The number of hydrogen-bond donors (Lipinski definition) is 2. The van der Waals surface area contributed by atoms with Crippen LogP contribution in [0.15, 0.2) is 47.6 Å². The second-order valence-corrected chi connectivity index (χ2v) is 5.33. The van der Waals surface area contributed by atoms with Gasteiger partial charge in [0.05, 0.1) is 11.8 Å². The molecule has 6 heteroatoms. The van der Waals surface area contributed by atoms with Gasteiger partial charge >= 0.3 is 5.97 Å². The number of nitrogens with zero attached hydrogens (tertiary/aromatic N) is 1. The summed E-state index contributed by atoms with van der Waals surface area (Å²) in [5.41, 5.74) is 5.35. The molecular weight excluding hydrogens is 308 g/mol. The molecule has 0 unspecified atom stereocenters. The van der Waals surface area contributed by atoms with Crippen molar-refractivity contribution < 1.29 is 19.4 Å². The molecule has 1 amide bonds. The van der Waals surface area contributed by atoms with Gasteiger partial charge in [0.25, 0.3) is 5.91 Å². The van der Waals surface area contributed by atoms with Crippen molar-refractivity contribution >= 4 is 18.1 Å². The van der Waals surface area contributed by atoms with Crippen molar-refractivity contribution in [3.05, 3.63) is 64.7 Å². The summed E-state index contributed by atoms with van der Waals surface area (Å²) in [5, 5.41) is 12.6. The van der Waals surface area contributed by atoms with E-state index < -0.39 is 5.97 Å². The van der Waals surface area contributed by atoms with Crippen molar-refractivity contribution in [1.29, 1.82) is 0 Å². The van der Waals surface area contributed by atoms with Gasteiger partial charge in [0.1, 0.15) is 5.75 Å². The quantitative estimate of drug-likeness (QED) is 0.631. The van der Waals surface area contributed by atoms with Crippen LogP contribution in [0.4, 0.5) is 0 Å². The van der Waals surface area contributed by atoms with Gasteiger partial charge in [-0.05, 0) is 54.8 Å². The second-order valence-electron chi connectivity index (χ2n) is 5.33. The minimum absolute atomic E-state index is 0.141. The summed E-state index contributed by atoms with van der Waals surface area (Å²) in [5.74, 6) is -0.737. The molecule has 0 aliphatic carbocycles. The Morgan fingerprint density at radius 2 is 1.75 bits per heavy atom. The lowest BCUT2D eigenvalue weighted by Gasteiger charge is -2.07. The molecule has 0 spiro atoms. The highest BCUT2D eigenvalue weighted by Crippen LogP contribution is 2.15. The van der Waals surface area contributed by atoms with Gasteiger partial charge in [-0.15, -0.1) is 0 Å². The predicted molar refractivity (Wildman–Crippen MR) is 90.5 cm³/mol. The molecular formula is C18H18N2O4. The molecule has 0 aliphatic heterocycles. The van der Waals surface area contributed by atoms with E-state index >= 15 is 0 Å². The summed E-state index contributed by atoms with van der Waals surface area (Å²) >= 11 is 0. The number of carboxylic acids is 1. The fourth-order valence-electron chi connectivity index (χ4n) is 2.09. The molecule has 0 aromatic heterocycles. The number of aryl methyl sites for hydroxylation is 2. The van der Waals surface area contributed by atoms with Gasteiger partial charge in [-0.1, -0.05) is 18.2 Å². The molecule has 0 fully saturated rings. The lowest BCUT2D eigenvalue weighted by atomic mass is 10.1. The number of amides is 1. The number of carbonyl (C=O) groups is 2. The van der Waals surface area contributed by atoms with Crippen molar-refractivity contribution in [1.82, 2.24) is 5.43 Å². The zero-order valence-corrected chi connectivity index (χ0v) is 13.4. The van der Waals surface area contributed by atoms with E-state index in [-0.39, 0.29) is 18.1 Å². The highest BCUT2D eigenvalue weighted by atomic mass is 16.5. The van der Waals surface area contributed by atoms with E-state index in [1.165, 1.54) is 18.3 Å². The van der Waals surface area contributed by atoms with Crippen LogP contribution < -0.4 is 10.2 Å². The summed E-state index contributed by atoms with van der Waals surface area (Å²) < 4.78 is 5.42. The Kier molecular flexibility index (Phi) is 5.68. The number of hydrogen-bond acceptors (Lipinski definition) is 4. The molecule has 0 aliphatic rings. The van der Waals surface area contributed by atoms with Crippen molar-refractivity contribution in [3.8, 4) is 5.75 Å². The van der Waals surface area contributed by atoms with Crippen LogP contribution >= 0.6 is 0 Å². The first-order valence-electron chi connectivity index (χ1n) is 7.30. The van der Waals surface area contributed by atoms with Crippen LogP contribution in [0.5, 0.6) is 5.75 Å². The molecule has 2 rings (SSSR count). The summed E-state index contributed by atoms with van der Waals surface area (Å²) in [6.45, 7) is 3.78. The van der Waals surface area contributed by atoms with Crippen molar-refractivity contribution in [3.63, 3.8) is 0 Å². The van der Waals surface area contributed by atoms with Gasteiger partial charge < -0.3 is 9.84 Å². The van der Waals surface area contributed by atoms with Gasteiger partial charge in [0, 0.05) is 0 Å². The molecule has 0 heterocycles. The number of carboxylic acid groups (broad SMARTS) is 1. The molecule has 24 heavy (non-hydrogen) atoms. The molecule has 0 atom stereocenters. The third-order valence-electron chi connectivity index (χ3n) is 3.13. The number of rotatable bonds is 6. The predicted octanol–water partition coefficient (Wildman–Crippen LogP) is 2.53. The fraction of sp³-hybridized carbons (Fsp3) is 0.167. The highest BCUT2D eigenvalue weighted by molar-refractivity contribution is 5.89. The normalized spacial score (nSPS) is 10.6. The van der Waals surface area contributed by atoms with Gasteiger partial charge in [0.15, 0.2) is 6.61 Å². The average Bonchev–Trinajstić information content (AvgIpc) is 2.52. The van der Waals surface area contributed by atoms with E-state index in [4.69, 9.17) is 9.84 Å². The standard InChI is InChI=1S/C18H18N2O4/c1-12-7-13(2)9-16(8-12)24-11-17(21)20-19-10-14-3-5-15(6-4-14)18(22)23/h3-10H,11H2,1-2H3,(H,20,21)(H,22,23). The summed E-state index contributed by atoms with van der Waals surface area (Å²) in [6.07, 6.45) is 1.43.